The fraction of sp³-hybridized carbons (Fsp3) is 0.857. The van der Waals surface area contributed by atoms with E-state index in [1.807, 2.05) is 0 Å². The molecule has 0 aromatic heterocycles. The van der Waals surface area contributed by atoms with Crippen molar-refractivity contribution in [1.82, 2.24) is 5.32 Å². The van der Waals surface area contributed by atoms with Crippen molar-refractivity contribution in [2.45, 2.75) is 56.7 Å². The molecule has 2 saturated carbocycles. The average molecular weight is 317 g/mol. The van der Waals surface area contributed by atoms with Gasteiger partial charge in [0.15, 0.2) is 0 Å². The lowest BCUT2D eigenvalue weighted by Gasteiger charge is -2.37. The summed E-state index contributed by atoms with van der Waals surface area (Å²) >= 11 is 0. The summed E-state index contributed by atoms with van der Waals surface area (Å²) in [6.07, 6.45) is 4.97. The number of carboxylic acids is 1. The smallest absolute Gasteiger partial charge is 0.319 e. The highest BCUT2D eigenvalue weighted by atomic mass is 32.2. The maximum Gasteiger partial charge on any atom is 0.319 e. The average Bonchev–Trinajstić information content (AvgIpc) is 3.20. The Morgan fingerprint density at radius 1 is 1.19 bits per heavy atom. The molecule has 2 N–H and O–H groups in total. The molecule has 6 nitrogen and oxygen atoms in total. The van der Waals surface area contributed by atoms with Crippen molar-refractivity contribution < 1.29 is 23.1 Å². The standard InChI is InChI=1S/C14H23NO5S/c1-14(13(17)18,12(16)15-10-6-7-10)9-4-3-5-11(8-9)21(2,19)20/h9-11H,3-8H2,1-2H3,(H,15,16)(H,17,18). The maximum atomic E-state index is 12.4. The summed E-state index contributed by atoms with van der Waals surface area (Å²) in [4.78, 5) is 24.1. The van der Waals surface area contributed by atoms with Gasteiger partial charge in [-0.25, -0.2) is 8.42 Å². The summed E-state index contributed by atoms with van der Waals surface area (Å²) in [5.74, 6) is -2.08. The second-order valence-corrected chi connectivity index (χ2v) is 8.90. The molecule has 2 rings (SSSR count). The Balaban J connectivity index is 2.20. The number of carboxylic acid groups (broad SMARTS) is 1. The fourth-order valence-electron chi connectivity index (χ4n) is 3.08. The minimum Gasteiger partial charge on any atom is -0.480 e. The highest BCUT2D eigenvalue weighted by Crippen LogP contribution is 2.41. The Kier molecular flexibility index (Phi) is 4.33. The van der Waals surface area contributed by atoms with Crippen LogP contribution >= 0.6 is 0 Å². The van der Waals surface area contributed by atoms with Gasteiger partial charge in [-0.05, 0) is 44.9 Å². The van der Waals surface area contributed by atoms with Crippen LogP contribution in [0.2, 0.25) is 0 Å². The summed E-state index contributed by atoms with van der Waals surface area (Å²) in [6.45, 7) is 1.43. The van der Waals surface area contributed by atoms with Gasteiger partial charge in [0.1, 0.15) is 15.3 Å². The van der Waals surface area contributed by atoms with E-state index in [0.717, 1.165) is 12.8 Å². The molecule has 120 valence electrons. The summed E-state index contributed by atoms with van der Waals surface area (Å²) in [6, 6.07) is 0.0884. The number of sulfone groups is 1. The summed E-state index contributed by atoms with van der Waals surface area (Å²) < 4.78 is 23.5. The minimum atomic E-state index is -3.21. The lowest BCUT2D eigenvalue weighted by molar-refractivity contribution is -0.159. The lowest BCUT2D eigenvalue weighted by atomic mass is 9.69. The van der Waals surface area contributed by atoms with E-state index in [2.05, 4.69) is 5.32 Å². The number of carbonyl (C=O) groups excluding carboxylic acids is 1. The van der Waals surface area contributed by atoms with Crippen LogP contribution in [-0.2, 0) is 19.4 Å². The zero-order valence-corrected chi connectivity index (χ0v) is 13.3. The normalized spacial score (nSPS) is 29.4. The van der Waals surface area contributed by atoms with Crippen LogP contribution in [0.5, 0.6) is 0 Å². The van der Waals surface area contributed by atoms with Gasteiger partial charge < -0.3 is 10.4 Å². The van der Waals surface area contributed by atoms with E-state index in [9.17, 15) is 23.1 Å². The molecule has 0 saturated heterocycles. The van der Waals surface area contributed by atoms with Crippen LogP contribution in [0.4, 0.5) is 0 Å². The zero-order chi connectivity index (χ0) is 15.8. The van der Waals surface area contributed by atoms with Gasteiger partial charge in [0.25, 0.3) is 0 Å². The highest BCUT2D eigenvalue weighted by molar-refractivity contribution is 7.91. The molecule has 2 fully saturated rings. The second kappa shape index (κ2) is 5.59. The van der Waals surface area contributed by atoms with Crippen molar-refractivity contribution in [3.05, 3.63) is 0 Å². The van der Waals surface area contributed by atoms with Crippen molar-refractivity contribution in [2.24, 2.45) is 11.3 Å². The molecule has 3 atom stereocenters. The molecule has 1 amide bonds. The van der Waals surface area contributed by atoms with E-state index in [1.165, 1.54) is 13.2 Å². The number of hydrogen-bond acceptors (Lipinski definition) is 4. The number of hydrogen-bond donors (Lipinski definition) is 2. The van der Waals surface area contributed by atoms with Gasteiger partial charge in [0.2, 0.25) is 5.91 Å². The first-order valence-electron chi connectivity index (χ1n) is 7.39. The van der Waals surface area contributed by atoms with E-state index >= 15 is 0 Å². The van der Waals surface area contributed by atoms with Gasteiger partial charge in [0, 0.05) is 12.3 Å². The monoisotopic (exact) mass is 317 g/mol. The van der Waals surface area contributed by atoms with Crippen LogP contribution in [0.1, 0.15) is 45.4 Å². The van der Waals surface area contributed by atoms with Crippen LogP contribution in [0.3, 0.4) is 0 Å². The number of aliphatic carboxylic acids is 1. The molecular weight excluding hydrogens is 294 g/mol. The summed E-state index contributed by atoms with van der Waals surface area (Å²) in [7, 11) is -3.21. The molecule has 2 aliphatic carbocycles. The van der Waals surface area contributed by atoms with Crippen LogP contribution in [0.25, 0.3) is 0 Å². The first-order chi connectivity index (χ1) is 9.65. The van der Waals surface area contributed by atoms with Crippen LogP contribution < -0.4 is 5.32 Å². The van der Waals surface area contributed by atoms with Gasteiger partial charge in [0.05, 0.1) is 5.25 Å². The van der Waals surface area contributed by atoms with Crippen molar-refractivity contribution in [2.75, 3.05) is 6.26 Å². The minimum absolute atomic E-state index is 0.0884. The van der Waals surface area contributed by atoms with E-state index in [0.29, 0.717) is 19.3 Å². The lowest BCUT2D eigenvalue weighted by Crippen LogP contribution is -2.51. The Morgan fingerprint density at radius 2 is 1.81 bits per heavy atom. The number of rotatable bonds is 5. The fourth-order valence-corrected chi connectivity index (χ4v) is 4.26. The molecule has 0 bridgehead atoms. The highest BCUT2D eigenvalue weighted by Gasteiger charge is 2.51. The Morgan fingerprint density at radius 3 is 2.29 bits per heavy atom. The maximum absolute atomic E-state index is 12.4. The van der Waals surface area contributed by atoms with E-state index in [4.69, 9.17) is 0 Å². The predicted octanol–water partition coefficient (Wildman–Crippen LogP) is 0.959. The molecule has 0 radical (unpaired) electrons. The van der Waals surface area contributed by atoms with Crippen molar-refractivity contribution >= 4 is 21.7 Å². The van der Waals surface area contributed by atoms with Gasteiger partial charge in [-0.1, -0.05) is 6.42 Å². The van der Waals surface area contributed by atoms with Gasteiger partial charge in [-0.2, -0.15) is 0 Å². The van der Waals surface area contributed by atoms with Gasteiger partial charge in [-0.15, -0.1) is 0 Å². The summed E-state index contributed by atoms with van der Waals surface area (Å²) in [5.41, 5.74) is -1.55. The zero-order valence-electron chi connectivity index (χ0n) is 12.5. The molecule has 0 aromatic rings. The van der Waals surface area contributed by atoms with E-state index in [-0.39, 0.29) is 12.5 Å². The quantitative estimate of drug-likeness (QED) is 0.736. The number of amides is 1. The van der Waals surface area contributed by atoms with Crippen molar-refractivity contribution in [1.29, 1.82) is 0 Å². The molecule has 7 heteroatoms. The first-order valence-corrected chi connectivity index (χ1v) is 9.34. The third kappa shape index (κ3) is 3.39. The van der Waals surface area contributed by atoms with Gasteiger partial charge in [-0.3, -0.25) is 9.59 Å². The molecule has 0 spiro atoms. The van der Waals surface area contributed by atoms with E-state index < -0.39 is 38.3 Å². The summed E-state index contributed by atoms with van der Waals surface area (Å²) in [5, 5.41) is 11.8. The molecule has 21 heavy (non-hydrogen) atoms. The molecule has 2 aliphatic rings. The third-order valence-corrected chi connectivity index (χ3v) is 6.52. The predicted molar refractivity (Wildman–Crippen MR) is 77.5 cm³/mol. The van der Waals surface area contributed by atoms with E-state index in [1.54, 1.807) is 0 Å². The first kappa shape index (κ1) is 16.3. The van der Waals surface area contributed by atoms with Crippen molar-refractivity contribution in [3.8, 4) is 0 Å². The molecule has 0 aromatic carbocycles. The largest absolute Gasteiger partial charge is 0.480 e. The molecule has 0 aliphatic heterocycles. The van der Waals surface area contributed by atoms with Crippen molar-refractivity contribution in [3.63, 3.8) is 0 Å². The molecular formula is C14H23NO5S. The van der Waals surface area contributed by atoms with Gasteiger partial charge >= 0.3 is 5.97 Å². The number of nitrogens with one attached hydrogen (secondary N) is 1. The molecule has 0 heterocycles. The van der Waals surface area contributed by atoms with Crippen LogP contribution in [-0.4, -0.2) is 42.9 Å². The second-order valence-electron chi connectivity index (χ2n) is 6.57. The third-order valence-electron chi connectivity index (χ3n) is 4.88. The SMILES string of the molecule is CC(C(=O)O)(C(=O)NC1CC1)C1CCCC(S(C)(=O)=O)C1. The Labute approximate surface area is 125 Å². The van der Waals surface area contributed by atoms with Crippen LogP contribution in [0.15, 0.2) is 0 Å². The Bertz CT molecular complexity index is 540. The Hall–Kier alpha value is -1.11. The number of carbonyl (C=O) groups is 2. The van der Waals surface area contributed by atoms with Crippen LogP contribution in [0, 0.1) is 11.3 Å². The molecule has 3 unspecified atom stereocenters. The topological polar surface area (TPSA) is 101 Å².